The number of thiophene rings is 1. The molecule has 0 spiro atoms. The molecule has 8 rings (SSSR count). The monoisotopic (exact) mass is 482 g/mol. The van der Waals surface area contributed by atoms with E-state index in [-0.39, 0.29) is 0 Å². The van der Waals surface area contributed by atoms with E-state index in [1.165, 1.54) is 63.3 Å². The molecular formula is C31H22N2SSi. The maximum atomic E-state index is 5.02. The lowest BCUT2D eigenvalue weighted by Gasteiger charge is -2.23. The Morgan fingerprint density at radius 1 is 0.714 bits per heavy atom. The standard InChI is InChI=1S/C31H22N2SSi/c1-35(2,20-11-4-3-5-12-20)31-30-27-25(34-31)16-17-32-28(27)23-18-19-10-6-7-13-21(19)26-22-14-8-9-15-24(22)33(30)29(23)26/h3-18H,1-2H3. The van der Waals surface area contributed by atoms with Crippen molar-refractivity contribution in [2.24, 2.45) is 0 Å². The smallest absolute Gasteiger partial charge is 0.127 e. The van der Waals surface area contributed by atoms with Gasteiger partial charge >= 0.3 is 0 Å². The largest absolute Gasteiger partial charge is 0.307 e. The second-order valence-corrected chi connectivity index (χ2v) is 15.8. The molecule has 166 valence electrons. The van der Waals surface area contributed by atoms with E-state index in [4.69, 9.17) is 4.98 Å². The Morgan fingerprint density at radius 2 is 1.46 bits per heavy atom. The van der Waals surface area contributed by atoms with E-state index in [1.807, 2.05) is 17.5 Å². The van der Waals surface area contributed by atoms with Crippen LogP contribution < -0.4 is 9.69 Å². The molecule has 0 aliphatic heterocycles. The van der Waals surface area contributed by atoms with Gasteiger partial charge in [0.25, 0.3) is 0 Å². The molecule has 4 heteroatoms. The summed E-state index contributed by atoms with van der Waals surface area (Å²) in [6.07, 6.45) is 2.00. The number of hydrogen-bond acceptors (Lipinski definition) is 2. The van der Waals surface area contributed by atoms with Gasteiger partial charge < -0.3 is 4.40 Å². The van der Waals surface area contributed by atoms with E-state index in [0.29, 0.717) is 0 Å². The van der Waals surface area contributed by atoms with Crippen molar-refractivity contribution in [3.05, 3.63) is 97.2 Å². The molecule has 4 heterocycles. The third-order valence-corrected chi connectivity index (χ3v) is 13.7. The molecule has 0 atom stereocenters. The molecule has 0 amide bonds. The van der Waals surface area contributed by atoms with E-state index in [2.05, 4.69) is 108 Å². The molecule has 0 bridgehead atoms. The van der Waals surface area contributed by atoms with E-state index in [0.717, 1.165) is 5.52 Å². The van der Waals surface area contributed by atoms with Crippen molar-refractivity contribution in [2.75, 3.05) is 0 Å². The highest BCUT2D eigenvalue weighted by Gasteiger charge is 2.33. The van der Waals surface area contributed by atoms with Crippen LogP contribution >= 0.6 is 11.3 Å². The minimum atomic E-state index is -1.98. The van der Waals surface area contributed by atoms with Crippen LogP contribution in [-0.4, -0.2) is 17.5 Å². The molecule has 0 unspecified atom stereocenters. The predicted molar refractivity (Wildman–Crippen MR) is 155 cm³/mol. The molecule has 4 aromatic heterocycles. The molecule has 0 N–H and O–H groups in total. The normalized spacial score (nSPS) is 12.9. The molecule has 35 heavy (non-hydrogen) atoms. The Morgan fingerprint density at radius 3 is 2.31 bits per heavy atom. The summed E-state index contributed by atoms with van der Waals surface area (Å²) in [5, 5.41) is 9.27. The second-order valence-electron chi connectivity index (χ2n) is 10.0. The fourth-order valence-electron chi connectivity index (χ4n) is 6.11. The summed E-state index contributed by atoms with van der Waals surface area (Å²) in [7, 11) is -1.98. The highest BCUT2D eigenvalue weighted by Crippen LogP contribution is 2.44. The Labute approximate surface area is 207 Å². The Bertz CT molecular complexity index is 2080. The van der Waals surface area contributed by atoms with Gasteiger partial charge in [-0.15, -0.1) is 11.3 Å². The average molecular weight is 483 g/mol. The first-order chi connectivity index (χ1) is 17.1. The van der Waals surface area contributed by atoms with E-state index in [1.54, 1.807) is 0 Å². The third kappa shape index (κ3) is 2.41. The van der Waals surface area contributed by atoms with Gasteiger partial charge in [0.1, 0.15) is 8.07 Å². The summed E-state index contributed by atoms with van der Waals surface area (Å²) < 4.78 is 5.43. The summed E-state index contributed by atoms with van der Waals surface area (Å²) >= 11 is 1.98. The highest BCUT2D eigenvalue weighted by molar-refractivity contribution is 7.35. The number of para-hydroxylation sites is 1. The molecule has 0 radical (unpaired) electrons. The van der Waals surface area contributed by atoms with Gasteiger partial charge in [-0.1, -0.05) is 91.1 Å². The van der Waals surface area contributed by atoms with Crippen molar-refractivity contribution in [1.82, 2.24) is 9.38 Å². The van der Waals surface area contributed by atoms with Crippen LogP contribution in [-0.2, 0) is 0 Å². The van der Waals surface area contributed by atoms with Crippen LogP contribution in [0.25, 0.3) is 59.1 Å². The highest BCUT2D eigenvalue weighted by atomic mass is 32.1. The number of fused-ring (bicyclic) bond motifs is 7. The zero-order chi connectivity index (χ0) is 23.3. The minimum absolute atomic E-state index is 1.13. The van der Waals surface area contributed by atoms with Crippen molar-refractivity contribution in [2.45, 2.75) is 13.1 Å². The van der Waals surface area contributed by atoms with Crippen LogP contribution in [0, 0.1) is 0 Å². The zero-order valence-electron chi connectivity index (χ0n) is 19.5. The molecule has 8 aromatic rings. The van der Waals surface area contributed by atoms with Crippen LogP contribution in [0.3, 0.4) is 0 Å². The van der Waals surface area contributed by atoms with Gasteiger partial charge in [-0.25, -0.2) is 0 Å². The number of aromatic nitrogens is 2. The van der Waals surface area contributed by atoms with Gasteiger partial charge in [-0.3, -0.25) is 4.98 Å². The maximum absolute atomic E-state index is 5.02. The number of benzene rings is 4. The van der Waals surface area contributed by atoms with E-state index in [9.17, 15) is 0 Å². The van der Waals surface area contributed by atoms with Crippen molar-refractivity contribution in [3.8, 4) is 0 Å². The van der Waals surface area contributed by atoms with Gasteiger partial charge in [-0.05, 0) is 29.0 Å². The lowest BCUT2D eigenvalue weighted by atomic mass is 10.00. The van der Waals surface area contributed by atoms with E-state index >= 15 is 0 Å². The molecular weight excluding hydrogens is 461 g/mol. The lowest BCUT2D eigenvalue weighted by Crippen LogP contribution is -2.52. The van der Waals surface area contributed by atoms with Crippen LogP contribution in [0.2, 0.25) is 13.1 Å². The van der Waals surface area contributed by atoms with E-state index < -0.39 is 8.07 Å². The van der Waals surface area contributed by atoms with Gasteiger partial charge in [0.05, 0.1) is 22.1 Å². The summed E-state index contributed by atoms with van der Waals surface area (Å²) in [6.45, 7) is 4.99. The van der Waals surface area contributed by atoms with Gasteiger partial charge in [0.2, 0.25) is 0 Å². The number of nitrogens with zero attached hydrogens (tertiary/aromatic N) is 2. The van der Waals surface area contributed by atoms with Crippen molar-refractivity contribution in [3.63, 3.8) is 0 Å². The lowest BCUT2D eigenvalue weighted by molar-refractivity contribution is 1.35. The van der Waals surface area contributed by atoms with Gasteiger partial charge in [-0.2, -0.15) is 0 Å². The molecule has 0 fully saturated rings. The number of hydrogen-bond donors (Lipinski definition) is 0. The fourth-order valence-corrected chi connectivity index (χ4v) is 10.9. The third-order valence-electron chi connectivity index (χ3n) is 7.78. The van der Waals surface area contributed by atoms with Gasteiger partial charge in [0.15, 0.2) is 0 Å². The molecule has 0 aliphatic carbocycles. The summed E-state index contributed by atoms with van der Waals surface area (Å²) in [5.74, 6) is 0. The van der Waals surface area contributed by atoms with Crippen molar-refractivity contribution >= 4 is 88.2 Å². The molecule has 0 aliphatic rings. The summed E-state index contributed by atoms with van der Waals surface area (Å²) in [5.41, 5.74) is 5.08. The molecule has 4 aromatic carbocycles. The summed E-state index contributed by atoms with van der Waals surface area (Å²) in [4.78, 5) is 5.02. The first-order valence-corrected chi connectivity index (χ1v) is 15.9. The molecule has 2 nitrogen and oxygen atoms in total. The maximum Gasteiger partial charge on any atom is 0.127 e. The number of rotatable bonds is 2. The first-order valence-electron chi connectivity index (χ1n) is 12.1. The zero-order valence-corrected chi connectivity index (χ0v) is 21.4. The SMILES string of the molecule is C[Si](C)(c1ccccc1)c1sc2ccnc3c4cc5ccccc5c5c6ccccc6n(c1c23)c45. The van der Waals surface area contributed by atoms with Gasteiger partial charge in [0, 0.05) is 36.9 Å². The summed E-state index contributed by atoms with van der Waals surface area (Å²) in [6, 6.07) is 33.4. The van der Waals surface area contributed by atoms with Crippen LogP contribution in [0.1, 0.15) is 0 Å². The molecule has 0 saturated heterocycles. The number of pyridine rings is 2. The average Bonchev–Trinajstić information content (AvgIpc) is 3.46. The van der Waals surface area contributed by atoms with Crippen molar-refractivity contribution < 1.29 is 0 Å². The molecule has 0 saturated carbocycles. The fraction of sp³-hybridized carbons (Fsp3) is 0.0645. The van der Waals surface area contributed by atoms with Crippen LogP contribution in [0.15, 0.2) is 97.2 Å². The Hall–Kier alpha value is -3.73. The topological polar surface area (TPSA) is 17.3 Å². The quantitative estimate of drug-likeness (QED) is 0.142. The second kappa shape index (κ2) is 6.69. The predicted octanol–water partition coefficient (Wildman–Crippen LogP) is 7.42. The first kappa shape index (κ1) is 19.6. The Kier molecular flexibility index (Phi) is 3.74. The minimum Gasteiger partial charge on any atom is -0.307 e. The Balaban J connectivity index is 1.71. The van der Waals surface area contributed by atoms with Crippen LogP contribution in [0.5, 0.6) is 0 Å². The van der Waals surface area contributed by atoms with Crippen molar-refractivity contribution in [1.29, 1.82) is 0 Å². The van der Waals surface area contributed by atoms with Crippen LogP contribution in [0.4, 0.5) is 0 Å².